The zero-order valence-corrected chi connectivity index (χ0v) is 11.1. The van der Waals surface area contributed by atoms with Crippen molar-refractivity contribution in [1.82, 2.24) is 15.2 Å². The third kappa shape index (κ3) is 4.27. The van der Waals surface area contributed by atoms with Crippen LogP contribution in [0.2, 0.25) is 0 Å². The first kappa shape index (κ1) is 13.3. The number of nitrogens with zero attached hydrogens (tertiary/aromatic N) is 2. The van der Waals surface area contributed by atoms with Crippen LogP contribution in [0.1, 0.15) is 25.5 Å². The molecule has 1 saturated heterocycles. The fourth-order valence-corrected chi connectivity index (χ4v) is 2.44. The highest BCUT2D eigenvalue weighted by atomic mass is 16.3. The van der Waals surface area contributed by atoms with Gasteiger partial charge >= 0.3 is 0 Å². The van der Waals surface area contributed by atoms with Crippen LogP contribution in [0.3, 0.4) is 0 Å². The summed E-state index contributed by atoms with van der Waals surface area (Å²) in [6.45, 7) is 7.79. The van der Waals surface area contributed by atoms with E-state index in [1.807, 2.05) is 6.07 Å². The number of hydrogen-bond acceptors (Lipinski definition) is 4. The molecule has 0 radical (unpaired) electrons. The molecule has 1 aliphatic rings. The zero-order valence-electron chi connectivity index (χ0n) is 11.1. The second-order valence-corrected chi connectivity index (χ2v) is 5.25. The third-order valence-corrected chi connectivity index (χ3v) is 3.38. The minimum atomic E-state index is 0.223. The molecular formula is C14H23N3O. The Morgan fingerprint density at radius 1 is 1.39 bits per heavy atom. The molecule has 1 aromatic heterocycles. The average molecular weight is 249 g/mol. The number of nitrogens with one attached hydrogen (secondary N) is 1. The van der Waals surface area contributed by atoms with Gasteiger partial charge in [0, 0.05) is 13.1 Å². The van der Waals surface area contributed by atoms with Crippen molar-refractivity contribution in [3.8, 4) is 5.75 Å². The Labute approximate surface area is 109 Å². The SMILES string of the molecule is CC(CNCc1ccc(O)cn1)CN1CCCC1. The maximum Gasteiger partial charge on any atom is 0.133 e. The number of pyridine rings is 1. The minimum Gasteiger partial charge on any atom is -0.506 e. The quantitative estimate of drug-likeness (QED) is 0.804. The first-order chi connectivity index (χ1) is 8.74. The molecule has 0 aliphatic carbocycles. The fraction of sp³-hybridized carbons (Fsp3) is 0.643. The van der Waals surface area contributed by atoms with Gasteiger partial charge in [0.05, 0.1) is 11.9 Å². The Morgan fingerprint density at radius 2 is 2.17 bits per heavy atom. The first-order valence-electron chi connectivity index (χ1n) is 6.81. The molecule has 0 spiro atoms. The molecule has 2 N–H and O–H groups in total. The van der Waals surface area contributed by atoms with Crippen LogP contribution in [0.15, 0.2) is 18.3 Å². The third-order valence-electron chi connectivity index (χ3n) is 3.38. The van der Waals surface area contributed by atoms with E-state index in [0.29, 0.717) is 5.92 Å². The van der Waals surface area contributed by atoms with Gasteiger partial charge in [0.25, 0.3) is 0 Å². The van der Waals surface area contributed by atoms with Gasteiger partial charge < -0.3 is 15.3 Å². The van der Waals surface area contributed by atoms with Crippen molar-refractivity contribution >= 4 is 0 Å². The van der Waals surface area contributed by atoms with Gasteiger partial charge in [-0.25, -0.2) is 0 Å². The number of rotatable bonds is 6. The number of aromatic hydroxyl groups is 1. The van der Waals surface area contributed by atoms with E-state index in [0.717, 1.165) is 18.8 Å². The van der Waals surface area contributed by atoms with Crippen molar-refractivity contribution in [1.29, 1.82) is 0 Å². The van der Waals surface area contributed by atoms with Gasteiger partial charge in [0.2, 0.25) is 0 Å². The molecule has 0 amide bonds. The standard InChI is InChI=1S/C14H23N3O/c1-12(11-17-6-2-3-7-17)8-15-9-13-4-5-14(18)10-16-13/h4-5,10,12,15,18H,2-3,6-9,11H2,1H3. The monoisotopic (exact) mass is 249 g/mol. The molecule has 0 aromatic carbocycles. The van der Waals surface area contributed by atoms with Crippen LogP contribution in [0.25, 0.3) is 0 Å². The lowest BCUT2D eigenvalue weighted by molar-refractivity contribution is 0.282. The zero-order chi connectivity index (χ0) is 12.8. The van der Waals surface area contributed by atoms with Gasteiger partial charge in [0.15, 0.2) is 0 Å². The summed E-state index contributed by atoms with van der Waals surface area (Å²) in [5, 5.41) is 12.6. The lowest BCUT2D eigenvalue weighted by Gasteiger charge is -2.20. The van der Waals surface area contributed by atoms with E-state index in [1.54, 1.807) is 6.07 Å². The molecule has 100 valence electrons. The number of likely N-dealkylation sites (tertiary alicyclic amines) is 1. The van der Waals surface area contributed by atoms with E-state index in [2.05, 4.69) is 22.1 Å². The van der Waals surface area contributed by atoms with Crippen molar-refractivity contribution in [3.05, 3.63) is 24.0 Å². The Balaban J connectivity index is 1.63. The maximum atomic E-state index is 9.14. The first-order valence-corrected chi connectivity index (χ1v) is 6.81. The van der Waals surface area contributed by atoms with E-state index in [9.17, 15) is 0 Å². The maximum absolute atomic E-state index is 9.14. The molecule has 18 heavy (non-hydrogen) atoms. The lowest BCUT2D eigenvalue weighted by Crippen LogP contribution is -2.31. The lowest BCUT2D eigenvalue weighted by atomic mass is 10.1. The van der Waals surface area contributed by atoms with E-state index >= 15 is 0 Å². The molecule has 2 rings (SSSR count). The average Bonchev–Trinajstić information content (AvgIpc) is 2.84. The Hall–Kier alpha value is -1.13. The molecule has 1 unspecified atom stereocenters. The molecule has 0 saturated carbocycles. The molecule has 4 heteroatoms. The van der Waals surface area contributed by atoms with Crippen LogP contribution in [0.4, 0.5) is 0 Å². The van der Waals surface area contributed by atoms with E-state index in [-0.39, 0.29) is 5.75 Å². The highest BCUT2D eigenvalue weighted by Crippen LogP contribution is 2.10. The normalized spacial score (nSPS) is 18.1. The summed E-state index contributed by atoms with van der Waals surface area (Å²) in [6, 6.07) is 3.53. The summed E-state index contributed by atoms with van der Waals surface area (Å²) < 4.78 is 0. The molecule has 1 fully saturated rings. The largest absolute Gasteiger partial charge is 0.506 e. The van der Waals surface area contributed by atoms with Crippen molar-refractivity contribution in [2.24, 2.45) is 5.92 Å². The van der Waals surface area contributed by atoms with Gasteiger partial charge in [-0.3, -0.25) is 4.98 Å². The van der Waals surface area contributed by atoms with Crippen LogP contribution in [0, 0.1) is 5.92 Å². The van der Waals surface area contributed by atoms with Crippen LogP contribution < -0.4 is 5.32 Å². The summed E-state index contributed by atoms with van der Waals surface area (Å²) in [4.78, 5) is 6.70. The van der Waals surface area contributed by atoms with E-state index < -0.39 is 0 Å². The Bertz CT molecular complexity index is 347. The predicted molar refractivity (Wildman–Crippen MR) is 72.4 cm³/mol. The van der Waals surface area contributed by atoms with Crippen LogP contribution >= 0.6 is 0 Å². The van der Waals surface area contributed by atoms with Crippen molar-refractivity contribution in [2.45, 2.75) is 26.3 Å². The van der Waals surface area contributed by atoms with Gasteiger partial charge in [-0.1, -0.05) is 6.92 Å². The summed E-state index contributed by atoms with van der Waals surface area (Å²) in [6.07, 6.45) is 4.21. The molecule has 1 aromatic rings. The van der Waals surface area contributed by atoms with E-state index in [4.69, 9.17) is 5.11 Å². The van der Waals surface area contributed by atoms with Crippen molar-refractivity contribution in [3.63, 3.8) is 0 Å². The summed E-state index contributed by atoms with van der Waals surface area (Å²) in [5.74, 6) is 0.890. The molecular weight excluding hydrogens is 226 g/mol. The van der Waals surface area contributed by atoms with Crippen LogP contribution in [0.5, 0.6) is 5.75 Å². The van der Waals surface area contributed by atoms with Crippen LogP contribution in [-0.2, 0) is 6.54 Å². The van der Waals surface area contributed by atoms with Crippen LogP contribution in [-0.4, -0.2) is 41.2 Å². The second-order valence-electron chi connectivity index (χ2n) is 5.25. The smallest absolute Gasteiger partial charge is 0.133 e. The van der Waals surface area contributed by atoms with Gasteiger partial charge in [-0.2, -0.15) is 0 Å². The highest BCUT2D eigenvalue weighted by molar-refractivity contribution is 5.17. The summed E-state index contributed by atoms with van der Waals surface area (Å²) >= 11 is 0. The Morgan fingerprint density at radius 3 is 2.83 bits per heavy atom. The molecule has 2 heterocycles. The van der Waals surface area contributed by atoms with Crippen molar-refractivity contribution in [2.75, 3.05) is 26.2 Å². The fourth-order valence-electron chi connectivity index (χ4n) is 2.44. The highest BCUT2D eigenvalue weighted by Gasteiger charge is 2.14. The van der Waals surface area contributed by atoms with Gasteiger partial charge in [0.1, 0.15) is 5.75 Å². The Kier molecular flexibility index (Phi) is 4.96. The van der Waals surface area contributed by atoms with Gasteiger partial charge in [-0.15, -0.1) is 0 Å². The summed E-state index contributed by atoms with van der Waals surface area (Å²) in [5.41, 5.74) is 0.973. The molecule has 0 bridgehead atoms. The molecule has 4 nitrogen and oxygen atoms in total. The predicted octanol–water partition coefficient (Wildman–Crippen LogP) is 1.61. The van der Waals surface area contributed by atoms with E-state index in [1.165, 1.54) is 38.7 Å². The number of hydrogen-bond donors (Lipinski definition) is 2. The summed E-state index contributed by atoms with van der Waals surface area (Å²) in [7, 11) is 0. The molecule has 1 aliphatic heterocycles. The minimum absolute atomic E-state index is 0.223. The number of aromatic nitrogens is 1. The topological polar surface area (TPSA) is 48.4 Å². The van der Waals surface area contributed by atoms with Crippen molar-refractivity contribution < 1.29 is 5.11 Å². The molecule has 1 atom stereocenters. The van der Waals surface area contributed by atoms with Gasteiger partial charge in [-0.05, 0) is 50.5 Å². The second kappa shape index (κ2) is 6.71.